The number of piperidine rings is 1. The maximum atomic E-state index is 13.9. The number of likely N-dealkylation sites (tertiary alicyclic amines) is 1. The Morgan fingerprint density at radius 3 is 2.29 bits per heavy atom. The van der Waals surface area contributed by atoms with E-state index in [0.717, 1.165) is 0 Å². The second-order valence-electron chi connectivity index (χ2n) is 13.4. The van der Waals surface area contributed by atoms with Gasteiger partial charge in [0.2, 0.25) is 0 Å². The van der Waals surface area contributed by atoms with E-state index in [1.54, 1.807) is 17.0 Å². The Hall–Kier alpha value is -3.09. The van der Waals surface area contributed by atoms with E-state index in [2.05, 4.69) is 43.9 Å². The van der Waals surface area contributed by atoms with Gasteiger partial charge in [0.05, 0.1) is 30.1 Å². The van der Waals surface area contributed by atoms with Crippen LogP contribution in [0.5, 0.6) is 0 Å². The minimum Gasteiger partial charge on any atom is -0.444 e. The molecule has 224 valence electrons. The number of fused-ring (bicyclic) bond motifs is 1. The van der Waals surface area contributed by atoms with Crippen molar-refractivity contribution in [2.45, 2.75) is 89.8 Å². The lowest BCUT2D eigenvalue weighted by Crippen LogP contribution is -2.55. The molecule has 12 heteroatoms. The molecule has 0 spiro atoms. The van der Waals surface area contributed by atoms with Crippen LogP contribution in [0.3, 0.4) is 0 Å². The number of carbonyl (C=O) groups excluding carboxylic acids is 1. The normalized spacial score (nSPS) is 17.1. The molecule has 1 atom stereocenters. The van der Waals surface area contributed by atoms with E-state index in [0.29, 0.717) is 11.3 Å². The lowest BCUT2D eigenvalue weighted by atomic mass is 9.84. The lowest BCUT2D eigenvalue weighted by Gasteiger charge is -2.45. The first-order chi connectivity index (χ1) is 18.9. The molecule has 0 radical (unpaired) electrons. The van der Waals surface area contributed by atoms with Crippen LogP contribution < -0.4 is 5.56 Å². The monoisotopic (exact) mass is 587 g/mol. The number of aliphatic hydroxyl groups is 1. The number of carbonyl (C=O) groups is 1. The molecular formula is C29H42FN5O5Si. The molecule has 4 rings (SSSR count). The summed E-state index contributed by atoms with van der Waals surface area (Å²) in [5.41, 5.74) is -1.44. The van der Waals surface area contributed by atoms with Gasteiger partial charge >= 0.3 is 6.09 Å². The Bertz CT molecular complexity index is 1450. The summed E-state index contributed by atoms with van der Waals surface area (Å²) < 4.78 is 28.5. The molecule has 2 aromatic heterocycles. The number of amides is 1. The molecule has 1 N–H and O–H groups in total. The molecule has 0 aliphatic carbocycles. The summed E-state index contributed by atoms with van der Waals surface area (Å²) in [6, 6.07) is 5.00. The van der Waals surface area contributed by atoms with Gasteiger partial charge in [-0.2, -0.15) is 5.10 Å². The fourth-order valence-corrected chi connectivity index (χ4v) is 5.66. The summed E-state index contributed by atoms with van der Waals surface area (Å²) in [6.45, 7) is 16.7. The van der Waals surface area contributed by atoms with Gasteiger partial charge in [-0.15, -0.1) is 0 Å². The second kappa shape index (κ2) is 11.0. The first-order valence-electron chi connectivity index (χ1n) is 14.0. The summed E-state index contributed by atoms with van der Waals surface area (Å²) in [6.07, 6.45) is 2.89. The van der Waals surface area contributed by atoms with E-state index in [4.69, 9.17) is 9.16 Å². The largest absolute Gasteiger partial charge is 0.444 e. The van der Waals surface area contributed by atoms with Gasteiger partial charge in [0.1, 0.15) is 23.1 Å². The van der Waals surface area contributed by atoms with Crippen LogP contribution in [0.2, 0.25) is 18.1 Å². The van der Waals surface area contributed by atoms with Crippen molar-refractivity contribution in [3.8, 4) is 5.69 Å². The summed E-state index contributed by atoms with van der Waals surface area (Å²) in [7, 11) is -2.25. The molecule has 1 fully saturated rings. The van der Waals surface area contributed by atoms with Gasteiger partial charge in [-0.25, -0.2) is 18.9 Å². The van der Waals surface area contributed by atoms with Crippen LogP contribution in [0.25, 0.3) is 16.7 Å². The zero-order chi connectivity index (χ0) is 30.4. The van der Waals surface area contributed by atoms with Crippen molar-refractivity contribution < 1.29 is 23.5 Å². The first-order valence-corrected chi connectivity index (χ1v) is 16.9. The predicted octanol–water partition coefficient (Wildman–Crippen LogP) is 5.05. The average Bonchev–Trinajstić information content (AvgIpc) is 3.29. The minimum atomic E-state index is -2.25. The molecule has 41 heavy (non-hydrogen) atoms. The van der Waals surface area contributed by atoms with E-state index in [1.165, 1.54) is 33.9 Å². The molecule has 10 nitrogen and oxygen atoms in total. The number of nitrogens with zero attached hydrogens (tertiary/aromatic N) is 5. The van der Waals surface area contributed by atoms with Crippen LogP contribution >= 0.6 is 0 Å². The fourth-order valence-electron chi connectivity index (χ4n) is 4.65. The molecule has 1 saturated heterocycles. The molecule has 0 bridgehead atoms. The van der Waals surface area contributed by atoms with Crippen LogP contribution in [-0.2, 0) is 9.16 Å². The third kappa shape index (κ3) is 6.54. The number of halogens is 1. The topological polar surface area (TPSA) is 112 Å². The number of hydrogen-bond acceptors (Lipinski definition) is 7. The van der Waals surface area contributed by atoms with E-state index < -0.39 is 31.7 Å². The number of ether oxygens (including phenoxy) is 1. The van der Waals surface area contributed by atoms with Crippen molar-refractivity contribution in [3.63, 3.8) is 0 Å². The van der Waals surface area contributed by atoms with Crippen molar-refractivity contribution in [1.29, 1.82) is 0 Å². The van der Waals surface area contributed by atoms with Crippen molar-refractivity contribution >= 4 is 25.4 Å². The Balaban J connectivity index is 1.69. The van der Waals surface area contributed by atoms with E-state index in [1.807, 2.05) is 20.8 Å². The molecule has 1 aliphatic heterocycles. The molecule has 0 saturated carbocycles. The highest BCUT2D eigenvalue weighted by atomic mass is 28.4. The quantitative estimate of drug-likeness (QED) is 0.402. The summed E-state index contributed by atoms with van der Waals surface area (Å²) >= 11 is 0. The second-order valence-corrected chi connectivity index (χ2v) is 18.2. The maximum Gasteiger partial charge on any atom is 0.410 e. The third-order valence-electron chi connectivity index (χ3n) is 8.23. The molecular weight excluding hydrogens is 545 g/mol. The van der Waals surface area contributed by atoms with Gasteiger partial charge in [0, 0.05) is 13.1 Å². The number of benzene rings is 1. The molecule has 3 heterocycles. The fraction of sp³-hybridized carbons (Fsp3) is 0.586. The average molecular weight is 588 g/mol. The molecule has 1 aliphatic rings. The van der Waals surface area contributed by atoms with Gasteiger partial charge in [-0.3, -0.25) is 9.36 Å². The van der Waals surface area contributed by atoms with Gasteiger partial charge in [0.15, 0.2) is 14.0 Å². The predicted molar refractivity (Wildman–Crippen MR) is 157 cm³/mol. The van der Waals surface area contributed by atoms with Crippen LogP contribution in [0, 0.1) is 5.82 Å². The van der Waals surface area contributed by atoms with Crippen molar-refractivity contribution in [3.05, 3.63) is 53.0 Å². The van der Waals surface area contributed by atoms with E-state index in [9.17, 15) is 19.1 Å². The number of aromatic nitrogens is 4. The third-order valence-corrected chi connectivity index (χ3v) is 12.7. The first kappa shape index (κ1) is 30.9. The summed E-state index contributed by atoms with van der Waals surface area (Å²) in [4.78, 5) is 32.7. The minimum absolute atomic E-state index is 0.0797. The summed E-state index contributed by atoms with van der Waals surface area (Å²) in [5, 5.41) is 16.6. The van der Waals surface area contributed by atoms with Crippen LogP contribution in [0.15, 0.2) is 41.6 Å². The zero-order valence-electron chi connectivity index (χ0n) is 25.3. The SMILES string of the molecule is CC(C)(C)OC(=O)N1CCC(O)(C(CO[Si](C)(C)C(C)(C)C)n2cnc3c(cnn3-c3ccc(F)cc3)c2=O)CC1. The Labute approximate surface area is 241 Å². The lowest BCUT2D eigenvalue weighted by molar-refractivity contribution is -0.0759. The molecule has 1 aromatic carbocycles. The maximum absolute atomic E-state index is 13.9. The number of hydrogen-bond donors (Lipinski definition) is 1. The Morgan fingerprint density at radius 1 is 1.12 bits per heavy atom. The highest BCUT2D eigenvalue weighted by Gasteiger charge is 2.45. The smallest absolute Gasteiger partial charge is 0.410 e. The molecule has 1 unspecified atom stereocenters. The Kier molecular flexibility index (Phi) is 8.24. The molecule has 3 aromatic rings. The van der Waals surface area contributed by atoms with E-state index in [-0.39, 0.29) is 54.3 Å². The number of rotatable bonds is 6. The van der Waals surface area contributed by atoms with Crippen molar-refractivity contribution in [2.75, 3.05) is 19.7 Å². The van der Waals surface area contributed by atoms with Crippen molar-refractivity contribution in [2.24, 2.45) is 0 Å². The van der Waals surface area contributed by atoms with Crippen LogP contribution in [-0.4, -0.2) is 74.6 Å². The highest BCUT2D eigenvalue weighted by molar-refractivity contribution is 6.74. The van der Waals surface area contributed by atoms with Crippen molar-refractivity contribution in [1.82, 2.24) is 24.2 Å². The van der Waals surface area contributed by atoms with Gasteiger partial charge < -0.3 is 19.2 Å². The Morgan fingerprint density at radius 2 is 1.73 bits per heavy atom. The summed E-state index contributed by atoms with van der Waals surface area (Å²) in [5.74, 6) is -0.379. The highest BCUT2D eigenvalue weighted by Crippen LogP contribution is 2.39. The standard InChI is InChI=1S/C29H42FN5O5Si/c1-27(2,3)40-26(37)33-15-13-29(38,14-16-33)23(18-39-41(7,8)28(4,5)6)34-19-31-24-22(25(34)36)17-32-35(24)21-11-9-20(30)10-12-21/h9-12,17,19,23,38H,13-16,18H2,1-8H3. The van der Waals surface area contributed by atoms with Gasteiger partial charge in [0.25, 0.3) is 5.56 Å². The molecule has 1 amide bonds. The van der Waals surface area contributed by atoms with E-state index >= 15 is 0 Å². The van der Waals surface area contributed by atoms with Gasteiger partial charge in [-0.1, -0.05) is 20.8 Å². The van der Waals surface area contributed by atoms with Gasteiger partial charge in [-0.05, 0) is 76.0 Å². The zero-order valence-corrected chi connectivity index (χ0v) is 26.3. The van der Waals surface area contributed by atoms with Crippen LogP contribution in [0.1, 0.15) is 60.4 Å². The van der Waals surface area contributed by atoms with Crippen LogP contribution in [0.4, 0.5) is 9.18 Å².